The molecule has 0 amide bonds. The molecule has 106 valence electrons. The summed E-state index contributed by atoms with van der Waals surface area (Å²) in [6, 6.07) is 9.52. The van der Waals surface area contributed by atoms with E-state index >= 15 is 0 Å². The zero-order valence-electron chi connectivity index (χ0n) is 11.5. The van der Waals surface area contributed by atoms with E-state index in [0.717, 1.165) is 31.7 Å². The van der Waals surface area contributed by atoms with Crippen LogP contribution in [0.5, 0.6) is 5.75 Å². The molecule has 1 aromatic carbocycles. The zero-order valence-corrected chi connectivity index (χ0v) is 11.5. The van der Waals surface area contributed by atoms with Gasteiger partial charge in [0.1, 0.15) is 18.5 Å². The van der Waals surface area contributed by atoms with Crippen LogP contribution < -0.4 is 4.74 Å². The molecule has 1 aliphatic rings. The standard InChI is InChI=1S/C15H23NO3/c1-15(18)7-9-16(10-8-15)11-13(17)12-19-14-5-3-2-4-6-14/h2-6,13,17-18H,7-12H2,1H3/t13-/m1/s1. The lowest BCUT2D eigenvalue weighted by atomic mass is 9.94. The number of piperidine rings is 1. The van der Waals surface area contributed by atoms with Crippen LogP contribution in [0.15, 0.2) is 30.3 Å². The summed E-state index contributed by atoms with van der Waals surface area (Å²) in [5.41, 5.74) is -0.540. The molecule has 0 saturated carbocycles. The maximum Gasteiger partial charge on any atom is 0.119 e. The van der Waals surface area contributed by atoms with E-state index in [1.807, 2.05) is 37.3 Å². The molecule has 1 aromatic rings. The Morgan fingerprint density at radius 3 is 2.53 bits per heavy atom. The first-order valence-electron chi connectivity index (χ1n) is 6.86. The van der Waals surface area contributed by atoms with Crippen molar-refractivity contribution >= 4 is 0 Å². The van der Waals surface area contributed by atoms with Gasteiger partial charge in [0.25, 0.3) is 0 Å². The summed E-state index contributed by atoms with van der Waals surface area (Å²) >= 11 is 0. The number of hydrogen-bond acceptors (Lipinski definition) is 4. The highest BCUT2D eigenvalue weighted by Crippen LogP contribution is 2.21. The van der Waals surface area contributed by atoms with E-state index in [1.54, 1.807) is 0 Å². The number of likely N-dealkylation sites (tertiary alicyclic amines) is 1. The Balaban J connectivity index is 1.69. The number of benzene rings is 1. The minimum absolute atomic E-state index is 0.302. The molecule has 0 unspecified atom stereocenters. The second-order valence-electron chi connectivity index (χ2n) is 5.58. The Kier molecular flexibility index (Phi) is 4.80. The average Bonchev–Trinajstić information content (AvgIpc) is 2.40. The summed E-state index contributed by atoms with van der Waals surface area (Å²) in [4.78, 5) is 2.18. The number of rotatable bonds is 5. The lowest BCUT2D eigenvalue weighted by Crippen LogP contribution is -2.45. The van der Waals surface area contributed by atoms with Gasteiger partial charge in [-0.2, -0.15) is 0 Å². The van der Waals surface area contributed by atoms with Gasteiger partial charge in [-0.05, 0) is 31.9 Å². The van der Waals surface area contributed by atoms with E-state index in [-0.39, 0.29) is 0 Å². The third kappa shape index (κ3) is 4.82. The number of nitrogens with zero attached hydrogens (tertiary/aromatic N) is 1. The molecular weight excluding hydrogens is 242 g/mol. The highest BCUT2D eigenvalue weighted by atomic mass is 16.5. The molecule has 0 bridgehead atoms. The van der Waals surface area contributed by atoms with Gasteiger partial charge in [-0.1, -0.05) is 18.2 Å². The van der Waals surface area contributed by atoms with Crippen molar-refractivity contribution < 1.29 is 14.9 Å². The van der Waals surface area contributed by atoms with Crippen molar-refractivity contribution in [2.75, 3.05) is 26.2 Å². The Labute approximate surface area is 114 Å². The van der Waals surface area contributed by atoms with E-state index in [9.17, 15) is 10.2 Å². The maximum atomic E-state index is 9.96. The number of aliphatic hydroxyl groups is 2. The molecule has 1 fully saturated rings. The Morgan fingerprint density at radius 1 is 1.26 bits per heavy atom. The van der Waals surface area contributed by atoms with Gasteiger partial charge in [-0.25, -0.2) is 0 Å². The van der Waals surface area contributed by atoms with Crippen LogP contribution in [0, 0.1) is 0 Å². The Bertz CT molecular complexity index is 370. The summed E-state index contributed by atoms with van der Waals surface area (Å²) < 4.78 is 5.52. The van der Waals surface area contributed by atoms with Gasteiger partial charge in [0.2, 0.25) is 0 Å². The molecule has 4 heteroatoms. The van der Waals surface area contributed by atoms with Gasteiger partial charge in [0.15, 0.2) is 0 Å². The van der Waals surface area contributed by atoms with Crippen LogP contribution in [-0.4, -0.2) is 53.1 Å². The quantitative estimate of drug-likeness (QED) is 0.842. The zero-order chi connectivity index (χ0) is 13.7. The maximum absolute atomic E-state index is 9.96. The van der Waals surface area contributed by atoms with Crippen LogP contribution >= 0.6 is 0 Å². The number of para-hydroxylation sites is 1. The van der Waals surface area contributed by atoms with Crippen LogP contribution in [-0.2, 0) is 0 Å². The second kappa shape index (κ2) is 6.37. The highest BCUT2D eigenvalue weighted by Gasteiger charge is 2.28. The number of aliphatic hydroxyl groups excluding tert-OH is 1. The minimum Gasteiger partial charge on any atom is -0.491 e. The summed E-state index contributed by atoms with van der Waals surface area (Å²) in [7, 11) is 0. The van der Waals surface area contributed by atoms with Crippen LogP contribution in [0.3, 0.4) is 0 Å². The lowest BCUT2D eigenvalue weighted by Gasteiger charge is -2.36. The van der Waals surface area contributed by atoms with E-state index < -0.39 is 11.7 Å². The Morgan fingerprint density at radius 2 is 1.89 bits per heavy atom. The van der Waals surface area contributed by atoms with Crippen molar-refractivity contribution in [2.45, 2.75) is 31.5 Å². The molecule has 0 spiro atoms. The van der Waals surface area contributed by atoms with E-state index in [0.29, 0.717) is 13.2 Å². The predicted molar refractivity (Wildman–Crippen MR) is 74.2 cm³/mol. The third-order valence-electron chi connectivity index (χ3n) is 3.59. The van der Waals surface area contributed by atoms with Crippen molar-refractivity contribution in [3.63, 3.8) is 0 Å². The van der Waals surface area contributed by atoms with Gasteiger partial charge in [0, 0.05) is 19.6 Å². The first-order valence-corrected chi connectivity index (χ1v) is 6.86. The van der Waals surface area contributed by atoms with Gasteiger partial charge in [-0.3, -0.25) is 0 Å². The number of β-amino-alcohol motifs (C(OH)–C–C–N with tert-alkyl or cyclic N) is 1. The monoisotopic (exact) mass is 265 g/mol. The van der Waals surface area contributed by atoms with Crippen molar-refractivity contribution in [3.8, 4) is 5.75 Å². The largest absolute Gasteiger partial charge is 0.491 e. The van der Waals surface area contributed by atoms with E-state index in [1.165, 1.54) is 0 Å². The summed E-state index contributed by atoms with van der Waals surface area (Å²) in [5, 5.41) is 19.8. The number of hydrogen-bond donors (Lipinski definition) is 2. The van der Waals surface area contributed by atoms with E-state index in [4.69, 9.17) is 4.74 Å². The molecule has 4 nitrogen and oxygen atoms in total. The fourth-order valence-electron chi connectivity index (χ4n) is 2.28. The molecule has 0 aliphatic carbocycles. The highest BCUT2D eigenvalue weighted by molar-refractivity contribution is 5.20. The third-order valence-corrected chi connectivity index (χ3v) is 3.59. The molecule has 2 rings (SSSR count). The van der Waals surface area contributed by atoms with Crippen molar-refractivity contribution in [1.82, 2.24) is 4.90 Å². The van der Waals surface area contributed by atoms with Crippen molar-refractivity contribution in [1.29, 1.82) is 0 Å². The molecule has 0 aromatic heterocycles. The molecule has 19 heavy (non-hydrogen) atoms. The predicted octanol–water partition coefficient (Wildman–Crippen LogP) is 1.27. The molecule has 2 N–H and O–H groups in total. The first-order chi connectivity index (χ1) is 9.05. The van der Waals surface area contributed by atoms with Crippen molar-refractivity contribution in [2.24, 2.45) is 0 Å². The lowest BCUT2D eigenvalue weighted by molar-refractivity contribution is -0.0201. The van der Waals surface area contributed by atoms with Gasteiger partial charge >= 0.3 is 0 Å². The minimum atomic E-state index is -0.540. The fraction of sp³-hybridized carbons (Fsp3) is 0.600. The van der Waals surface area contributed by atoms with E-state index in [2.05, 4.69) is 4.90 Å². The van der Waals surface area contributed by atoms with Crippen LogP contribution in [0.1, 0.15) is 19.8 Å². The fourth-order valence-corrected chi connectivity index (χ4v) is 2.28. The van der Waals surface area contributed by atoms with Crippen LogP contribution in [0.25, 0.3) is 0 Å². The molecule has 1 atom stereocenters. The second-order valence-corrected chi connectivity index (χ2v) is 5.58. The average molecular weight is 265 g/mol. The normalized spacial score (nSPS) is 21.0. The molecule has 0 radical (unpaired) electrons. The van der Waals surface area contributed by atoms with Crippen molar-refractivity contribution in [3.05, 3.63) is 30.3 Å². The van der Waals surface area contributed by atoms with Crippen LogP contribution in [0.4, 0.5) is 0 Å². The molecule has 1 saturated heterocycles. The summed E-state index contributed by atoms with van der Waals surface area (Å²) in [6.07, 6.45) is 1.03. The molecule has 1 aliphatic heterocycles. The SMILES string of the molecule is CC1(O)CCN(C[C@@H](O)COc2ccccc2)CC1. The van der Waals surface area contributed by atoms with Crippen LogP contribution in [0.2, 0.25) is 0 Å². The molecule has 1 heterocycles. The smallest absolute Gasteiger partial charge is 0.119 e. The van der Waals surface area contributed by atoms with Gasteiger partial charge in [0.05, 0.1) is 5.60 Å². The summed E-state index contributed by atoms with van der Waals surface area (Å²) in [6.45, 7) is 4.43. The Hall–Kier alpha value is -1.10. The first kappa shape index (κ1) is 14.3. The van der Waals surface area contributed by atoms with Gasteiger partial charge < -0.3 is 19.8 Å². The van der Waals surface area contributed by atoms with Gasteiger partial charge in [-0.15, -0.1) is 0 Å². The molecular formula is C15H23NO3. The topological polar surface area (TPSA) is 52.9 Å². The number of ether oxygens (including phenoxy) is 1. The summed E-state index contributed by atoms with van der Waals surface area (Å²) in [5.74, 6) is 0.781.